The van der Waals surface area contributed by atoms with Gasteiger partial charge in [0.25, 0.3) is 0 Å². The van der Waals surface area contributed by atoms with Gasteiger partial charge in [0.2, 0.25) is 0 Å². The van der Waals surface area contributed by atoms with E-state index in [2.05, 4.69) is 4.99 Å². The zero-order valence-electron chi connectivity index (χ0n) is 11.1. The maximum Gasteiger partial charge on any atom is 0.320 e. The van der Waals surface area contributed by atoms with Gasteiger partial charge < -0.3 is 22.3 Å². The molecular formula is C6H16Cl2N4O2. The van der Waals surface area contributed by atoms with Gasteiger partial charge in [0.1, 0.15) is 6.04 Å². The number of carboxylic acids is 1. The Morgan fingerprint density at radius 2 is 2.00 bits per heavy atom. The fraction of sp³-hybridized carbons (Fsp3) is 0.667. The Balaban J connectivity index is -0.00000112. The Hall–Kier alpha value is -0.720. The van der Waals surface area contributed by atoms with E-state index in [0.717, 1.165) is 0 Å². The first-order valence-electron chi connectivity index (χ1n) is 5.09. The maximum absolute atomic E-state index is 10.4. The minimum atomic E-state index is -2.74. The van der Waals surface area contributed by atoms with Crippen molar-refractivity contribution < 1.29 is 15.4 Å². The van der Waals surface area contributed by atoms with Crippen molar-refractivity contribution in [3.8, 4) is 0 Å². The van der Waals surface area contributed by atoms with E-state index >= 15 is 0 Å². The Labute approximate surface area is 100 Å². The van der Waals surface area contributed by atoms with Crippen LogP contribution >= 0.6 is 24.8 Å². The molecule has 0 fully saturated rings. The van der Waals surface area contributed by atoms with Crippen LogP contribution in [0.3, 0.4) is 0 Å². The molecule has 86 valence electrons. The largest absolute Gasteiger partial charge is 0.480 e. The normalized spacial score (nSPS) is 16.6. The lowest BCUT2D eigenvalue weighted by Crippen LogP contribution is -2.30. The van der Waals surface area contributed by atoms with Crippen molar-refractivity contribution in [2.75, 3.05) is 6.50 Å². The highest BCUT2D eigenvalue weighted by Gasteiger charge is 2.09. The molecule has 0 radical (unpaired) electrons. The number of rotatable bonds is 5. The van der Waals surface area contributed by atoms with E-state index in [1.54, 1.807) is 0 Å². The molecule has 0 aliphatic rings. The van der Waals surface area contributed by atoms with E-state index in [4.69, 9.17) is 27.8 Å². The van der Waals surface area contributed by atoms with Crippen LogP contribution in [0.1, 0.15) is 18.3 Å². The van der Waals surface area contributed by atoms with Gasteiger partial charge in [0.15, 0.2) is 5.96 Å². The summed E-state index contributed by atoms with van der Waals surface area (Å²) in [6.45, 7) is -2.74. The van der Waals surface area contributed by atoms with Crippen molar-refractivity contribution in [2.24, 2.45) is 22.2 Å². The Bertz CT molecular complexity index is 312. The number of aliphatic carboxylic acids is 1. The van der Waals surface area contributed by atoms with Crippen molar-refractivity contribution >= 4 is 36.7 Å². The quantitative estimate of drug-likeness (QED) is 0.292. The molecule has 0 aliphatic heterocycles. The van der Waals surface area contributed by atoms with Crippen LogP contribution in [-0.2, 0) is 4.79 Å². The number of halogens is 2. The highest BCUT2D eigenvalue weighted by molar-refractivity contribution is 5.85. The minimum Gasteiger partial charge on any atom is -0.480 e. The van der Waals surface area contributed by atoms with Crippen LogP contribution in [0.25, 0.3) is 0 Å². The fourth-order valence-corrected chi connectivity index (χ4v) is 0.347. The second-order valence-corrected chi connectivity index (χ2v) is 1.97. The average molecular weight is 252 g/mol. The summed E-state index contributed by atoms with van der Waals surface area (Å²) in [5.74, 6) is -2.05. The lowest BCUT2D eigenvalue weighted by Gasteiger charge is -2.03. The molecule has 14 heavy (non-hydrogen) atoms. The third kappa shape index (κ3) is 11.3. The van der Waals surface area contributed by atoms with Gasteiger partial charge in [0, 0.05) is 9.24 Å². The van der Waals surface area contributed by atoms with Crippen LogP contribution in [0.5, 0.6) is 0 Å². The summed E-state index contributed by atoms with van der Waals surface area (Å²) in [4.78, 5) is 13.5. The zero-order valence-corrected chi connectivity index (χ0v) is 8.77. The molecule has 1 atom stereocenters. The van der Waals surface area contributed by atoms with Crippen molar-refractivity contribution in [2.45, 2.75) is 18.8 Å². The number of hydrogen-bond donors (Lipinski definition) is 4. The maximum atomic E-state index is 10.4. The molecule has 0 heterocycles. The van der Waals surface area contributed by atoms with E-state index < -0.39 is 37.3 Å². The van der Waals surface area contributed by atoms with Crippen LogP contribution in [0.2, 0.25) is 0 Å². The zero-order chi connectivity index (χ0) is 13.1. The molecule has 8 heteroatoms. The van der Waals surface area contributed by atoms with Crippen LogP contribution in [0.15, 0.2) is 4.99 Å². The summed E-state index contributed by atoms with van der Waals surface area (Å²) in [5, 5.41) is 8.49. The predicted octanol–water partition coefficient (Wildman–Crippen LogP) is -0.704. The predicted molar refractivity (Wildman–Crippen MR) is 60.0 cm³/mol. The molecule has 0 aromatic rings. The lowest BCUT2D eigenvalue weighted by atomic mass is 10.2. The molecular weight excluding hydrogens is 232 g/mol. The van der Waals surface area contributed by atoms with Gasteiger partial charge in [-0.1, -0.05) is 0 Å². The summed E-state index contributed by atoms with van der Waals surface area (Å²) < 4.78 is 29.3. The van der Waals surface area contributed by atoms with Crippen LogP contribution < -0.4 is 17.2 Å². The van der Waals surface area contributed by atoms with Gasteiger partial charge in [-0.25, -0.2) is 0 Å². The number of guanidine groups is 1. The topological polar surface area (TPSA) is 128 Å². The van der Waals surface area contributed by atoms with Crippen molar-refractivity contribution in [3.05, 3.63) is 0 Å². The van der Waals surface area contributed by atoms with Gasteiger partial charge in [0.05, 0.1) is 2.74 Å². The van der Waals surface area contributed by atoms with Crippen LogP contribution in [-0.4, -0.2) is 29.6 Å². The van der Waals surface area contributed by atoms with Crippen molar-refractivity contribution in [1.29, 1.82) is 0 Å². The highest BCUT2D eigenvalue weighted by Crippen LogP contribution is 1.94. The van der Waals surface area contributed by atoms with Gasteiger partial charge in [-0.3, -0.25) is 9.79 Å². The summed E-state index contributed by atoms with van der Waals surface area (Å²) in [7, 11) is 0. The molecule has 0 spiro atoms. The second-order valence-electron chi connectivity index (χ2n) is 1.97. The first-order chi connectivity index (χ1) is 6.99. The molecule has 0 aromatic heterocycles. The molecule has 7 N–H and O–H groups in total. The highest BCUT2D eigenvalue weighted by atomic mass is 35.5. The van der Waals surface area contributed by atoms with E-state index in [-0.39, 0.29) is 24.8 Å². The standard InChI is InChI=1S/C6H14N4O2.2ClH/c7-4(5(11)12)2-1-3-10-6(8)9;;/h4H,1-3,7H2,(H,11,12)(H4,8,9,10);2*1H/t4-;;/m0../s1/i1D2,3+1D2;;. The van der Waals surface area contributed by atoms with Gasteiger partial charge in [-0.2, -0.15) is 0 Å². The first-order valence-corrected chi connectivity index (χ1v) is 3.09. The summed E-state index contributed by atoms with van der Waals surface area (Å²) in [5.41, 5.74) is 15.0. The molecule has 0 aliphatic carbocycles. The Morgan fingerprint density at radius 3 is 2.36 bits per heavy atom. The molecule has 0 unspecified atom stereocenters. The van der Waals surface area contributed by atoms with E-state index in [1.165, 1.54) is 0 Å². The monoisotopic (exact) mass is 251 g/mol. The van der Waals surface area contributed by atoms with Crippen molar-refractivity contribution in [3.63, 3.8) is 0 Å². The van der Waals surface area contributed by atoms with E-state index in [9.17, 15) is 4.79 Å². The molecule has 0 rings (SSSR count). The van der Waals surface area contributed by atoms with Crippen LogP contribution in [0.4, 0.5) is 0 Å². The van der Waals surface area contributed by atoms with Gasteiger partial charge in [-0.05, 0) is 12.8 Å². The lowest BCUT2D eigenvalue weighted by molar-refractivity contribution is -0.138. The Kier molecular flexibility index (Phi) is 7.27. The van der Waals surface area contributed by atoms with E-state index in [0.29, 0.717) is 0 Å². The first kappa shape index (κ1) is 9.82. The average Bonchev–Trinajstić information content (AvgIpc) is 1.99. The SMILES string of the molecule is Cl.Cl.[2H]C([2H])(C[C@H](N)C(=O)O)[13C]([2H])([2H])N=C(N)N. The van der Waals surface area contributed by atoms with Crippen molar-refractivity contribution in [1.82, 2.24) is 0 Å². The molecule has 0 aromatic carbocycles. The smallest absolute Gasteiger partial charge is 0.320 e. The van der Waals surface area contributed by atoms with E-state index in [1.807, 2.05) is 0 Å². The third-order valence-electron chi connectivity index (χ3n) is 0.903. The third-order valence-corrected chi connectivity index (χ3v) is 0.903. The van der Waals surface area contributed by atoms with Crippen LogP contribution in [0, 0.1) is 0 Å². The molecule has 0 amide bonds. The molecule has 0 saturated carbocycles. The molecule has 6 nitrogen and oxygen atoms in total. The number of hydrogen-bond acceptors (Lipinski definition) is 3. The number of aliphatic imine (C=N–C) groups is 1. The second kappa shape index (κ2) is 10.4. The number of nitrogens with two attached hydrogens (primary N) is 3. The minimum absolute atomic E-state index is 0. The summed E-state index contributed by atoms with van der Waals surface area (Å²) >= 11 is 0. The fourth-order valence-electron chi connectivity index (χ4n) is 0.347. The van der Waals surface area contributed by atoms with Gasteiger partial charge >= 0.3 is 5.97 Å². The van der Waals surface area contributed by atoms with Gasteiger partial charge in [-0.15, -0.1) is 24.8 Å². The number of carbonyl (C=O) groups is 1. The summed E-state index contributed by atoms with van der Waals surface area (Å²) in [6.07, 6.45) is -3.33. The summed E-state index contributed by atoms with van der Waals surface area (Å²) in [6, 6.07) is -1.53. The molecule has 0 bridgehead atoms. The Morgan fingerprint density at radius 1 is 1.50 bits per heavy atom. The number of nitrogens with zero attached hydrogens (tertiary/aromatic N) is 1. The number of carboxylic acid groups (broad SMARTS) is 1. The molecule has 0 saturated heterocycles.